The molecule has 1 amide bonds. The van der Waals surface area contributed by atoms with Gasteiger partial charge >= 0.3 is 0 Å². The summed E-state index contributed by atoms with van der Waals surface area (Å²) in [7, 11) is 0. The minimum Gasteiger partial charge on any atom is -0.439 e. The molecular formula is C20H19FN4O2S. The molecule has 1 aromatic carbocycles. The third-order valence-electron chi connectivity index (χ3n) is 4.68. The number of hydrogen-bond donors (Lipinski definition) is 0. The predicted molar refractivity (Wildman–Crippen MR) is 103 cm³/mol. The molecule has 144 valence electrons. The van der Waals surface area contributed by atoms with E-state index in [0.717, 1.165) is 24.4 Å². The Labute approximate surface area is 166 Å². The Balaban J connectivity index is 1.44. The summed E-state index contributed by atoms with van der Waals surface area (Å²) in [6.07, 6.45) is 1.57. The number of carbonyl (C=O) groups excluding carboxylic acids is 1. The molecule has 0 bridgehead atoms. The van der Waals surface area contributed by atoms with Crippen LogP contribution < -0.4 is 4.74 Å². The van der Waals surface area contributed by atoms with Gasteiger partial charge in [0.1, 0.15) is 23.1 Å². The largest absolute Gasteiger partial charge is 0.439 e. The maximum absolute atomic E-state index is 13.1. The standard InChI is InChI=1S/C20H19FN4O2S/c1-13-10-18(27-16-4-2-15(21)3-5-16)24-19(23-13)14-6-8-25(9-7-14)20(26)17-11-28-12-22-17/h2-5,10-12,14H,6-9H2,1H3. The summed E-state index contributed by atoms with van der Waals surface area (Å²) in [6, 6.07) is 7.58. The van der Waals surface area contributed by atoms with Crippen LogP contribution in [-0.4, -0.2) is 38.8 Å². The average Bonchev–Trinajstić information content (AvgIpc) is 3.24. The molecule has 0 N–H and O–H groups in total. The molecule has 1 saturated heterocycles. The Morgan fingerprint density at radius 3 is 2.64 bits per heavy atom. The van der Waals surface area contributed by atoms with Crippen LogP contribution in [0.2, 0.25) is 0 Å². The van der Waals surface area contributed by atoms with Crippen molar-refractivity contribution in [1.29, 1.82) is 0 Å². The van der Waals surface area contributed by atoms with Gasteiger partial charge in [0.25, 0.3) is 5.91 Å². The van der Waals surface area contributed by atoms with Gasteiger partial charge in [0.05, 0.1) is 5.51 Å². The highest BCUT2D eigenvalue weighted by atomic mass is 32.1. The van der Waals surface area contributed by atoms with E-state index in [2.05, 4.69) is 15.0 Å². The summed E-state index contributed by atoms with van der Waals surface area (Å²) in [4.78, 5) is 27.5. The molecule has 0 saturated carbocycles. The van der Waals surface area contributed by atoms with Crippen molar-refractivity contribution in [2.75, 3.05) is 13.1 Å². The van der Waals surface area contributed by atoms with Gasteiger partial charge in [-0.2, -0.15) is 4.98 Å². The van der Waals surface area contributed by atoms with E-state index in [1.165, 1.54) is 23.5 Å². The van der Waals surface area contributed by atoms with Crippen LogP contribution in [0.5, 0.6) is 11.6 Å². The fourth-order valence-corrected chi connectivity index (χ4v) is 3.77. The van der Waals surface area contributed by atoms with E-state index in [9.17, 15) is 9.18 Å². The monoisotopic (exact) mass is 398 g/mol. The second kappa shape index (κ2) is 8.02. The van der Waals surface area contributed by atoms with Crippen molar-refractivity contribution in [3.63, 3.8) is 0 Å². The van der Waals surface area contributed by atoms with E-state index in [1.807, 2.05) is 11.8 Å². The fourth-order valence-electron chi connectivity index (χ4n) is 3.24. The van der Waals surface area contributed by atoms with Crippen molar-refractivity contribution < 1.29 is 13.9 Å². The lowest BCUT2D eigenvalue weighted by atomic mass is 9.95. The van der Waals surface area contributed by atoms with Gasteiger partial charge in [-0.05, 0) is 44.0 Å². The first-order chi connectivity index (χ1) is 13.6. The number of benzene rings is 1. The molecule has 1 aliphatic heterocycles. The highest BCUT2D eigenvalue weighted by Crippen LogP contribution is 2.29. The van der Waals surface area contributed by atoms with Crippen LogP contribution in [0.15, 0.2) is 41.2 Å². The molecule has 3 heterocycles. The zero-order valence-corrected chi connectivity index (χ0v) is 16.2. The van der Waals surface area contributed by atoms with Crippen LogP contribution in [-0.2, 0) is 0 Å². The maximum Gasteiger partial charge on any atom is 0.273 e. The molecule has 1 fully saturated rings. The molecule has 8 heteroatoms. The van der Waals surface area contributed by atoms with Gasteiger partial charge in [-0.25, -0.2) is 14.4 Å². The van der Waals surface area contributed by atoms with Gasteiger partial charge in [-0.15, -0.1) is 11.3 Å². The van der Waals surface area contributed by atoms with E-state index in [0.29, 0.717) is 30.4 Å². The third kappa shape index (κ3) is 4.17. The molecule has 2 aromatic heterocycles. The third-order valence-corrected chi connectivity index (χ3v) is 5.27. The van der Waals surface area contributed by atoms with Gasteiger partial charge in [0.15, 0.2) is 0 Å². The van der Waals surface area contributed by atoms with Crippen molar-refractivity contribution in [3.8, 4) is 11.6 Å². The number of nitrogens with zero attached hydrogens (tertiary/aromatic N) is 4. The minimum absolute atomic E-state index is 0.0230. The lowest BCUT2D eigenvalue weighted by molar-refractivity contribution is 0.0705. The molecule has 0 atom stereocenters. The molecular weight excluding hydrogens is 379 g/mol. The molecule has 28 heavy (non-hydrogen) atoms. The number of halogens is 1. The Hall–Kier alpha value is -2.87. The molecule has 1 aliphatic rings. The molecule has 6 nitrogen and oxygen atoms in total. The van der Waals surface area contributed by atoms with E-state index >= 15 is 0 Å². The second-order valence-corrected chi connectivity index (χ2v) is 7.42. The first kappa shape index (κ1) is 18.5. The molecule has 3 aromatic rings. The van der Waals surface area contributed by atoms with Crippen LogP contribution in [0.1, 0.15) is 40.8 Å². The van der Waals surface area contributed by atoms with Crippen molar-refractivity contribution in [2.24, 2.45) is 0 Å². The van der Waals surface area contributed by atoms with Crippen molar-refractivity contribution in [1.82, 2.24) is 19.9 Å². The number of aromatic nitrogens is 3. The van der Waals surface area contributed by atoms with E-state index in [1.54, 1.807) is 29.1 Å². The summed E-state index contributed by atoms with van der Waals surface area (Å²) in [5, 5.41) is 1.77. The zero-order chi connectivity index (χ0) is 19.5. The highest BCUT2D eigenvalue weighted by molar-refractivity contribution is 7.07. The molecule has 0 radical (unpaired) electrons. The maximum atomic E-state index is 13.1. The normalized spacial score (nSPS) is 14.9. The van der Waals surface area contributed by atoms with Gasteiger partial charge in [0, 0.05) is 36.1 Å². The quantitative estimate of drug-likeness (QED) is 0.659. The predicted octanol–water partition coefficient (Wildman–Crippen LogP) is 4.19. The van der Waals surface area contributed by atoms with Crippen LogP contribution >= 0.6 is 11.3 Å². The number of carbonyl (C=O) groups is 1. The fraction of sp³-hybridized carbons (Fsp3) is 0.300. The van der Waals surface area contributed by atoms with Gasteiger partial charge in [-0.3, -0.25) is 4.79 Å². The van der Waals surface area contributed by atoms with Gasteiger partial charge in [-0.1, -0.05) is 0 Å². The number of amides is 1. The smallest absolute Gasteiger partial charge is 0.273 e. The average molecular weight is 398 g/mol. The number of ether oxygens (including phenoxy) is 1. The summed E-state index contributed by atoms with van der Waals surface area (Å²) in [6.45, 7) is 3.18. The summed E-state index contributed by atoms with van der Waals surface area (Å²) >= 11 is 1.42. The van der Waals surface area contributed by atoms with Crippen molar-refractivity contribution >= 4 is 17.2 Å². The zero-order valence-electron chi connectivity index (χ0n) is 15.3. The van der Waals surface area contributed by atoms with Gasteiger partial charge in [0.2, 0.25) is 5.88 Å². The molecule has 4 rings (SSSR count). The number of thiazole rings is 1. The summed E-state index contributed by atoms with van der Waals surface area (Å²) in [5.74, 6) is 1.51. The molecule has 0 aliphatic carbocycles. The Kier molecular flexibility index (Phi) is 5.29. The second-order valence-electron chi connectivity index (χ2n) is 6.70. The number of hydrogen-bond acceptors (Lipinski definition) is 6. The van der Waals surface area contributed by atoms with Crippen LogP contribution in [0.4, 0.5) is 4.39 Å². The lowest BCUT2D eigenvalue weighted by Crippen LogP contribution is -2.38. The molecule has 0 spiro atoms. The SMILES string of the molecule is Cc1cc(Oc2ccc(F)cc2)nc(C2CCN(C(=O)c3cscn3)CC2)n1. The first-order valence-corrected chi connectivity index (χ1v) is 9.99. The first-order valence-electron chi connectivity index (χ1n) is 9.05. The topological polar surface area (TPSA) is 68.2 Å². The lowest BCUT2D eigenvalue weighted by Gasteiger charge is -2.31. The Morgan fingerprint density at radius 1 is 1.21 bits per heavy atom. The number of piperidine rings is 1. The van der Waals surface area contributed by atoms with Crippen LogP contribution in [0.25, 0.3) is 0 Å². The van der Waals surface area contributed by atoms with Gasteiger partial charge < -0.3 is 9.64 Å². The summed E-state index contributed by atoms with van der Waals surface area (Å²) < 4.78 is 18.8. The van der Waals surface area contributed by atoms with E-state index in [4.69, 9.17) is 4.74 Å². The summed E-state index contributed by atoms with van der Waals surface area (Å²) in [5.41, 5.74) is 2.98. The number of likely N-dealkylation sites (tertiary alicyclic amines) is 1. The van der Waals surface area contributed by atoms with Crippen molar-refractivity contribution in [3.05, 3.63) is 64.3 Å². The molecule has 0 unspecified atom stereocenters. The van der Waals surface area contributed by atoms with Crippen LogP contribution in [0.3, 0.4) is 0 Å². The van der Waals surface area contributed by atoms with E-state index < -0.39 is 0 Å². The Morgan fingerprint density at radius 2 is 1.96 bits per heavy atom. The van der Waals surface area contributed by atoms with Crippen molar-refractivity contribution in [2.45, 2.75) is 25.7 Å². The number of rotatable bonds is 4. The number of aryl methyl sites for hydroxylation is 1. The Bertz CT molecular complexity index is 955. The van der Waals surface area contributed by atoms with Crippen LogP contribution in [0, 0.1) is 12.7 Å². The highest BCUT2D eigenvalue weighted by Gasteiger charge is 2.27. The van der Waals surface area contributed by atoms with E-state index in [-0.39, 0.29) is 17.6 Å². The minimum atomic E-state index is -0.314.